The minimum atomic E-state index is -4.28. The summed E-state index contributed by atoms with van der Waals surface area (Å²) in [6, 6.07) is 3.14. The lowest BCUT2D eigenvalue weighted by atomic mass is 9.97. The van der Waals surface area contributed by atoms with Gasteiger partial charge < -0.3 is 4.90 Å². The van der Waals surface area contributed by atoms with Crippen LogP contribution in [0, 0.1) is 11.2 Å². The van der Waals surface area contributed by atoms with E-state index < -0.39 is 35.5 Å². The van der Waals surface area contributed by atoms with Crippen molar-refractivity contribution in [1.29, 1.82) is 0 Å². The molecule has 0 bridgehead atoms. The maximum Gasteiger partial charge on any atom is 0.395 e. The van der Waals surface area contributed by atoms with Gasteiger partial charge in [-0.15, -0.1) is 0 Å². The first-order chi connectivity index (χ1) is 15.7. The topological polar surface area (TPSA) is 54.3 Å². The Kier molecular flexibility index (Phi) is 5.42. The first kappa shape index (κ1) is 22.2. The monoisotopic (exact) mass is 469 g/mol. The summed E-state index contributed by atoms with van der Waals surface area (Å²) in [4.78, 5) is 20.1. The summed E-state index contributed by atoms with van der Waals surface area (Å²) in [7, 11) is 0. The van der Waals surface area contributed by atoms with Gasteiger partial charge in [-0.2, -0.15) is 18.3 Å². The summed E-state index contributed by atoms with van der Waals surface area (Å²) in [5.74, 6) is -1.12. The normalized spacial score (nSPS) is 25.1. The van der Waals surface area contributed by atoms with E-state index in [4.69, 9.17) is 0 Å². The van der Waals surface area contributed by atoms with E-state index in [9.17, 15) is 22.4 Å². The van der Waals surface area contributed by atoms with E-state index in [1.807, 2.05) is 0 Å². The fourth-order valence-electron chi connectivity index (χ4n) is 4.77. The molecule has 178 valence electrons. The van der Waals surface area contributed by atoms with Gasteiger partial charge in [-0.3, -0.25) is 9.69 Å². The Morgan fingerprint density at radius 3 is 2.52 bits per heavy atom. The second kappa shape index (κ2) is 8.03. The van der Waals surface area contributed by atoms with Crippen LogP contribution in [0.1, 0.15) is 42.5 Å². The third kappa shape index (κ3) is 4.22. The van der Waals surface area contributed by atoms with Crippen molar-refractivity contribution in [2.45, 2.75) is 56.5 Å². The molecule has 6 nitrogen and oxygen atoms in total. The number of benzene rings is 1. The van der Waals surface area contributed by atoms with Crippen LogP contribution >= 0.6 is 0 Å². The van der Waals surface area contributed by atoms with Gasteiger partial charge in [0.1, 0.15) is 30.3 Å². The molecule has 3 aliphatic rings. The first-order valence-electron chi connectivity index (χ1n) is 11.1. The Morgan fingerprint density at radius 1 is 1.21 bits per heavy atom. The van der Waals surface area contributed by atoms with Crippen LogP contribution in [0.2, 0.25) is 0 Å². The number of hydrogen-bond donors (Lipinski definition) is 0. The van der Waals surface area contributed by atoms with Crippen LogP contribution in [0.15, 0.2) is 30.9 Å². The minimum absolute atomic E-state index is 0.0796. The van der Waals surface area contributed by atoms with Gasteiger partial charge in [-0.1, -0.05) is 0 Å². The van der Waals surface area contributed by atoms with Crippen LogP contribution < -0.4 is 0 Å². The van der Waals surface area contributed by atoms with E-state index in [1.54, 1.807) is 0 Å². The quantitative estimate of drug-likeness (QED) is 0.605. The lowest BCUT2D eigenvalue weighted by molar-refractivity contribution is -0.193. The highest BCUT2D eigenvalue weighted by atomic mass is 19.4. The number of halogens is 5. The van der Waals surface area contributed by atoms with Crippen molar-refractivity contribution >= 4 is 5.91 Å². The van der Waals surface area contributed by atoms with Crippen molar-refractivity contribution in [3.63, 3.8) is 0 Å². The number of rotatable bonds is 6. The molecule has 1 aromatic heterocycles. The average molecular weight is 469 g/mol. The zero-order chi connectivity index (χ0) is 23.4. The van der Waals surface area contributed by atoms with Crippen molar-refractivity contribution in [1.82, 2.24) is 24.6 Å². The van der Waals surface area contributed by atoms with Gasteiger partial charge in [0.2, 0.25) is 0 Å². The maximum absolute atomic E-state index is 15.2. The van der Waals surface area contributed by atoms with Crippen LogP contribution in [0.3, 0.4) is 0 Å². The van der Waals surface area contributed by atoms with Gasteiger partial charge >= 0.3 is 6.18 Å². The molecule has 1 saturated heterocycles. The van der Waals surface area contributed by atoms with Crippen LogP contribution in [0.25, 0.3) is 5.69 Å². The van der Waals surface area contributed by atoms with Crippen LogP contribution in [0.5, 0.6) is 0 Å². The highest BCUT2D eigenvalue weighted by molar-refractivity contribution is 5.95. The molecule has 0 radical (unpaired) electrons. The highest BCUT2D eigenvalue weighted by Crippen LogP contribution is 2.58. The van der Waals surface area contributed by atoms with Crippen LogP contribution in [0.4, 0.5) is 22.0 Å². The van der Waals surface area contributed by atoms with Gasteiger partial charge in [0.05, 0.1) is 11.5 Å². The van der Waals surface area contributed by atoms with E-state index >= 15 is 4.39 Å². The Balaban J connectivity index is 1.30. The summed E-state index contributed by atoms with van der Waals surface area (Å²) < 4.78 is 71.0. The average Bonchev–Trinajstić information content (AvgIpc) is 3.68. The van der Waals surface area contributed by atoms with Gasteiger partial charge in [0.15, 0.2) is 0 Å². The second-order valence-electron chi connectivity index (χ2n) is 9.34. The van der Waals surface area contributed by atoms with E-state index in [2.05, 4.69) is 10.1 Å². The molecule has 2 aromatic rings. The summed E-state index contributed by atoms with van der Waals surface area (Å²) in [6.45, 7) is -0.0480. The predicted molar refractivity (Wildman–Crippen MR) is 108 cm³/mol. The molecule has 1 aliphatic heterocycles. The Morgan fingerprint density at radius 2 is 1.97 bits per heavy atom. The summed E-state index contributed by atoms with van der Waals surface area (Å²) in [5, 5.41) is 3.88. The smallest absolute Gasteiger partial charge is 0.330 e. The number of carbonyl (C=O) groups is 1. The number of nitrogens with zero attached hydrogens (tertiary/aromatic N) is 5. The van der Waals surface area contributed by atoms with Crippen molar-refractivity contribution in [3.05, 3.63) is 42.2 Å². The minimum Gasteiger partial charge on any atom is -0.330 e. The molecular formula is C22H24F5N5O. The lowest BCUT2D eigenvalue weighted by Crippen LogP contribution is -2.56. The lowest BCUT2D eigenvalue weighted by Gasteiger charge is -2.42. The number of aromatic nitrogens is 3. The fourth-order valence-corrected chi connectivity index (χ4v) is 4.77. The van der Waals surface area contributed by atoms with Gasteiger partial charge in [0.25, 0.3) is 5.91 Å². The molecule has 11 heteroatoms. The molecule has 0 spiro atoms. The Labute approximate surface area is 187 Å². The summed E-state index contributed by atoms with van der Waals surface area (Å²) in [6.07, 6.45) is -1.28. The number of amides is 1. The number of carbonyl (C=O) groups excluding carboxylic acids is 1. The van der Waals surface area contributed by atoms with Crippen molar-refractivity contribution < 1.29 is 26.7 Å². The largest absolute Gasteiger partial charge is 0.395 e. The van der Waals surface area contributed by atoms with E-state index in [0.29, 0.717) is 6.54 Å². The molecule has 2 aliphatic carbocycles. The molecule has 0 N–H and O–H groups in total. The molecule has 2 heterocycles. The third-order valence-corrected chi connectivity index (χ3v) is 6.96. The maximum atomic E-state index is 15.2. The molecular weight excluding hydrogens is 445 g/mol. The number of piperidine rings is 1. The number of hydrogen-bond acceptors (Lipinski definition) is 4. The molecule has 33 heavy (non-hydrogen) atoms. The van der Waals surface area contributed by atoms with Crippen molar-refractivity contribution in [2.24, 2.45) is 5.41 Å². The van der Waals surface area contributed by atoms with E-state index in [1.165, 1.54) is 39.3 Å². The van der Waals surface area contributed by atoms with Crippen LogP contribution in [-0.4, -0.2) is 74.5 Å². The SMILES string of the molecule is O=C(c1ccc(-n2cncn2)c(F)c1)N(C1CC1)C1CCN(CC2(C(F)(F)F)CC2)CC1F. The van der Waals surface area contributed by atoms with Crippen LogP contribution in [-0.2, 0) is 0 Å². The first-order valence-corrected chi connectivity index (χ1v) is 11.1. The number of alkyl halides is 4. The molecule has 3 fully saturated rings. The van der Waals surface area contributed by atoms with Crippen molar-refractivity contribution in [3.8, 4) is 5.69 Å². The van der Waals surface area contributed by atoms with Gasteiger partial charge in [-0.05, 0) is 50.3 Å². The number of likely N-dealkylation sites (tertiary alicyclic amines) is 1. The summed E-state index contributed by atoms with van der Waals surface area (Å²) >= 11 is 0. The van der Waals surface area contributed by atoms with E-state index in [0.717, 1.165) is 18.9 Å². The third-order valence-electron chi connectivity index (χ3n) is 6.96. The standard InChI is InChI=1S/C22H24F5N5O/c23-16-9-14(1-4-18(16)31-13-28-12-29-31)20(33)32(15-2-3-15)19-5-8-30(10-17(19)24)11-21(6-7-21)22(25,26)27/h1,4,9,12-13,15,17,19H,2-3,5-8,10-11H2. The zero-order valence-corrected chi connectivity index (χ0v) is 17.8. The fraction of sp³-hybridized carbons (Fsp3) is 0.591. The molecule has 2 saturated carbocycles. The zero-order valence-electron chi connectivity index (χ0n) is 17.8. The predicted octanol–water partition coefficient (Wildman–Crippen LogP) is 3.77. The van der Waals surface area contributed by atoms with Crippen molar-refractivity contribution in [2.75, 3.05) is 19.6 Å². The molecule has 5 rings (SSSR count). The molecule has 1 amide bonds. The van der Waals surface area contributed by atoms with Gasteiger partial charge in [-0.25, -0.2) is 18.4 Å². The highest BCUT2D eigenvalue weighted by Gasteiger charge is 2.63. The Bertz CT molecular complexity index is 1020. The second-order valence-corrected chi connectivity index (χ2v) is 9.34. The van der Waals surface area contributed by atoms with Gasteiger partial charge in [0, 0.05) is 31.2 Å². The molecule has 2 atom stereocenters. The molecule has 1 aromatic carbocycles. The van der Waals surface area contributed by atoms with E-state index in [-0.39, 0.29) is 49.6 Å². The molecule has 2 unspecified atom stereocenters. The summed E-state index contributed by atoms with van der Waals surface area (Å²) in [5.41, 5.74) is -1.47. The Hall–Kier alpha value is -2.56.